The molecule has 170 valence electrons. The van der Waals surface area contributed by atoms with Crippen molar-refractivity contribution >= 4 is 34.6 Å². The lowest BCUT2D eigenvalue weighted by Crippen LogP contribution is -2.34. The Labute approximate surface area is 192 Å². The average Bonchev–Trinajstić information content (AvgIpc) is 3.55. The van der Waals surface area contributed by atoms with Crippen LogP contribution in [0.25, 0.3) is 0 Å². The first-order chi connectivity index (χ1) is 16.0. The second-order valence-electron chi connectivity index (χ2n) is 7.71. The second-order valence-corrected chi connectivity index (χ2v) is 8.72. The number of nitrogens with zero attached hydrogens (tertiary/aromatic N) is 3. The minimum Gasteiger partial charge on any atom is -0.454 e. The van der Waals surface area contributed by atoms with Gasteiger partial charge in [-0.15, -0.1) is 10.2 Å². The molecule has 9 nitrogen and oxygen atoms in total. The number of benzene rings is 2. The Morgan fingerprint density at radius 1 is 1.09 bits per heavy atom. The number of carbonyl (C=O) groups excluding carboxylic acids is 2. The minimum absolute atomic E-state index is 0.150. The van der Waals surface area contributed by atoms with Gasteiger partial charge in [-0.25, -0.2) is 9.18 Å². The lowest BCUT2D eigenvalue weighted by Gasteiger charge is -2.23. The predicted octanol–water partition coefficient (Wildman–Crippen LogP) is 4.34. The Hall–Kier alpha value is -3.73. The van der Waals surface area contributed by atoms with E-state index in [9.17, 15) is 14.0 Å². The molecule has 3 heterocycles. The van der Waals surface area contributed by atoms with Gasteiger partial charge in [0, 0.05) is 24.0 Å². The molecule has 2 aromatic carbocycles. The second kappa shape index (κ2) is 8.66. The molecule has 1 atom stereocenters. The van der Waals surface area contributed by atoms with E-state index in [1.807, 2.05) is 0 Å². The SMILES string of the molecule is Cc1ccc(NC(=O)N2CCC[C@H]2c2nnc(C(=O)Nc3ccc4c(c3)OCO4)s2)cc1F. The summed E-state index contributed by atoms with van der Waals surface area (Å²) in [6.07, 6.45) is 1.49. The largest absolute Gasteiger partial charge is 0.454 e. The number of aromatic nitrogens is 2. The number of halogens is 1. The van der Waals surface area contributed by atoms with E-state index in [1.165, 1.54) is 6.07 Å². The van der Waals surface area contributed by atoms with Crippen LogP contribution in [0, 0.1) is 12.7 Å². The summed E-state index contributed by atoms with van der Waals surface area (Å²) in [6.45, 7) is 2.34. The fraction of sp³-hybridized carbons (Fsp3) is 0.273. The molecular weight excluding hydrogens is 449 g/mol. The summed E-state index contributed by atoms with van der Waals surface area (Å²) in [5.74, 6) is 0.403. The maximum atomic E-state index is 13.8. The number of nitrogens with one attached hydrogen (secondary N) is 2. The van der Waals surface area contributed by atoms with Crippen molar-refractivity contribution < 1.29 is 23.5 Å². The van der Waals surface area contributed by atoms with Gasteiger partial charge in [-0.05, 0) is 49.6 Å². The third-order valence-electron chi connectivity index (χ3n) is 5.49. The number of amides is 3. The van der Waals surface area contributed by atoms with E-state index in [0.717, 1.165) is 17.8 Å². The number of hydrogen-bond acceptors (Lipinski definition) is 7. The smallest absolute Gasteiger partial charge is 0.322 e. The highest BCUT2D eigenvalue weighted by molar-refractivity contribution is 7.13. The van der Waals surface area contributed by atoms with Gasteiger partial charge in [-0.2, -0.15) is 0 Å². The number of hydrogen-bond donors (Lipinski definition) is 2. The number of aryl methyl sites for hydroxylation is 1. The van der Waals surface area contributed by atoms with Crippen molar-refractivity contribution in [1.29, 1.82) is 0 Å². The third-order valence-corrected chi connectivity index (χ3v) is 6.51. The Kier molecular flexibility index (Phi) is 5.55. The maximum Gasteiger partial charge on any atom is 0.322 e. The molecule has 1 aromatic heterocycles. The van der Waals surface area contributed by atoms with E-state index < -0.39 is 5.91 Å². The molecular formula is C22H20FN5O4S. The van der Waals surface area contributed by atoms with Gasteiger partial charge in [0.15, 0.2) is 11.5 Å². The summed E-state index contributed by atoms with van der Waals surface area (Å²) >= 11 is 1.14. The Morgan fingerprint density at radius 3 is 2.73 bits per heavy atom. The van der Waals surface area contributed by atoms with Crippen LogP contribution >= 0.6 is 11.3 Å². The van der Waals surface area contributed by atoms with Crippen molar-refractivity contribution in [3.63, 3.8) is 0 Å². The number of urea groups is 1. The topological polar surface area (TPSA) is 106 Å². The molecule has 0 saturated carbocycles. The highest BCUT2D eigenvalue weighted by Crippen LogP contribution is 2.36. The standard InChI is InChI=1S/C22H20FN5O4S/c1-12-4-5-13(9-15(12)23)25-22(30)28-8-2-3-16(28)20-26-27-21(33-20)19(29)24-14-6-7-17-18(10-14)32-11-31-17/h4-7,9-10,16H,2-3,8,11H2,1H3,(H,24,29)(H,25,30)/t16-/m0/s1. The van der Waals surface area contributed by atoms with Crippen LogP contribution in [0.1, 0.15) is 39.3 Å². The molecule has 3 amide bonds. The molecule has 0 radical (unpaired) electrons. The van der Waals surface area contributed by atoms with Gasteiger partial charge < -0.3 is 25.0 Å². The molecule has 0 aliphatic carbocycles. The van der Waals surface area contributed by atoms with Crippen LogP contribution in [0.3, 0.4) is 0 Å². The van der Waals surface area contributed by atoms with Crippen molar-refractivity contribution in [3.8, 4) is 11.5 Å². The van der Waals surface area contributed by atoms with Gasteiger partial charge in [0.25, 0.3) is 5.91 Å². The highest BCUT2D eigenvalue weighted by Gasteiger charge is 2.33. The van der Waals surface area contributed by atoms with E-state index in [1.54, 1.807) is 42.2 Å². The number of likely N-dealkylation sites (tertiary alicyclic amines) is 1. The van der Waals surface area contributed by atoms with Crippen molar-refractivity contribution in [2.45, 2.75) is 25.8 Å². The van der Waals surface area contributed by atoms with Crippen LogP contribution in [-0.4, -0.2) is 40.4 Å². The molecule has 33 heavy (non-hydrogen) atoms. The zero-order valence-electron chi connectivity index (χ0n) is 17.6. The lowest BCUT2D eigenvalue weighted by molar-refractivity contribution is 0.102. The van der Waals surface area contributed by atoms with E-state index in [4.69, 9.17) is 9.47 Å². The van der Waals surface area contributed by atoms with E-state index >= 15 is 0 Å². The fourth-order valence-corrected chi connectivity index (χ4v) is 4.64. The van der Waals surface area contributed by atoms with Gasteiger partial charge in [0.05, 0.1) is 6.04 Å². The quantitative estimate of drug-likeness (QED) is 0.589. The first-order valence-electron chi connectivity index (χ1n) is 10.4. The number of rotatable bonds is 4. The summed E-state index contributed by atoms with van der Waals surface area (Å²) in [4.78, 5) is 27.1. The summed E-state index contributed by atoms with van der Waals surface area (Å²) in [5, 5.41) is 14.5. The Bertz CT molecular complexity index is 1230. The highest BCUT2D eigenvalue weighted by atomic mass is 32.1. The summed E-state index contributed by atoms with van der Waals surface area (Å²) in [5.41, 5.74) is 1.44. The van der Waals surface area contributed by atoms with Crippen LogP contribution in [0.2, 0.25) is 0 Å². The van der Waals surface area contributed by atoms with Crippen LogP contribution < -0.4 is 20.1 Å². The lowest BCUT2D eigenvalue weighted by atomic mass is 10.2. The Morgan fingerprint density at radius 2 is 1.88 bits per heavy atom. The molecule has 0 bridgehead atoms. The predicted molar refractivity (Wildman–Crippen MR) is 119 cm³/mol. The molecule has 2 N–H and O–H groups in total. The van der Waals surface area contributed by atoms with Crippen molar-refractivity contribution in [2.24, 2.45) is 0 Å². The molecule has 2 aliphatic rings. The fourth-order valence-electron chi connectivity index (χ4n) is 3.75. The van der Waals surface area contributed by atoms with Crippen LogP contribution in [0.4, 0.5) is 20.6 Å². The van der Waals surface area contributed by atoms with Gasteiger partial charge in [-0.3, -0.25) is 4.79 Å². The van der Waals surface area contributed by atoms with Crippen molar-refractivity contribution in [2.75, 3.05) is 24.0 Å². The maximum absolute atomic E-state index is 13.8. The van der Waals surface area contributed by atoms with Crippen LogP contribution in [0.5, 0.6) is 11.5 Å². The van der Waals surface area contributed by atoms with Gasteiger partial charge in [0.2, 0.25) is 11.8 Å². The molecule has 0 spiro atoms. The molecule has 5 rings (SSSR count). The molecule has 1 fully saturated rings. The zero-order chi connectivity index (χ0) is 22.9. The summed E-state index contributed by atoms with van der Waals surface area (Å²) in [7, 11) is 0. The van der Waals surface area contributed by atoms with Gasteiger partial charge >= 0.3 is 6.03 Å². The normalized spacial score (nSPS) is 16.7. The molecule has 11 heteroatoms. The first kappa shape index (κ1) is 21.1. The minimum atomic E-state index is -0.401. The van der Waals surface area contributed by atoms with E-state index in [2.05, 4.69) is 20.8 Å². The van der Waals surface area contributed by atoms with Gasteiger partial charge in [0.1, 0.15) is 10.8 Å². The van der Waals surface area contributed by atoms with Crippen LogP contribution in [-0.2, 0) is 0 Å². The summed E-state index contributed by atoms with van der Waals surface area (Å²) < 4.78 is 24.4. The molecule has 0 unspecified atom stereocenters. The van der Waals surface area contributed by atoms with E-state index in [-0.39, 0.29) is 29.7 Å². The monoisotopic (exact) mass is 469 g/mol. The van der Waals surface area contributed by atoms with Crippen molar-refractivity contribution in [3.05, 3.63) is 57.8 Å². The number of carbonyl (C=O) groups is 2. The number of anilines is 2. The van der Waals surface area contributed by atoms with Gasteiger partial charge in [-0.1, -0.05) is 17.4 Å². The zero-order valence-corrected chi connectivity index (χ0v) is 18.4. The molecule has 3 aromatic rings. The average molecular weight is 469 g/mol. The van der Waals surface area contributed by atoms with Crippen LogP contribution in [0.15, 0.2) is 36.4 Å². The number of ether oxygens (including phenoxy) is 2. The molecule has 1 saturated heterocycles. The summed E-state index contributed by atoms with van der Waals surface area (Å²) in [6, 6.07) is 9.03. The molecule has 2 aliphatic heterocycles. The van der Waals surface area contributed by atoms with Crippen molar-refractivity contribution in [1.82, 2.24) is 15.1 Å². The first-order valence-corrected chi connectivity index (χ1v) is 11.2. The number of fused-ring (bicyclic) bond motifs is 1. The third kappa shape index (κ3) is 4.31. The Balaban J connectivity index is 1.26. The van der Waals surface area contributed by atoms with E-state index in [0.29, 0.717) is 46.4 Å².